The number of carbonyl (C=O) groups is 2. The first-order valence-corrected chi connectivity index (χ1v) is 12.8. The van der Waals surface area contributed by atoms with Crippen LogP contribution in [0.3, 0.4) is 0 Å². The Balaban J connectivity index is 1.70. The van der Waals surface area contributed by atoms with Gasteiger partial charge in [-0.1, -0.05) is 18.2 Å². The zero-order chi connectivity index (χ0) is 28.2. The lowest BCUT2D eigenvalue weighted by atomic mass is 10.1. The molecule has 2 unspecified atom stereocenters. The molecule has 1 aliphatic rings. The summed E-state index contributed by atoms with van der Waals surface area (Å²) in [6.07, 6.45) is -2.89. The highest BCUT2D eigenvalue weighted by Gasteiger charge is 2.43. The van der Waals surface area contributed by atoms with Crippen molar-refractivity contribution in [3.05, 3.63) is 83.2 Å². The zero-order valence-electron chi connectivity index (χ0n) is 21.3. The molecule has 1 aromatic heterocycles. The molecule has 8 nitrogen and oxygen atoms in total. The van der Waals surface area contributed by atoms with Gasteiger partial charge in [0, 0.05) is 17.5 Å². The molecule has 1 aliphatic heterocycles. The highest BCUT2D eigenvalue weighted by atomic mass is 32.2. The van der Waals surface area contributed by atoms with Gasteiger partial charge in [-0.3, -0.25) is 14.6 Å². The van der Waals surface area contributed by atoms with E-state index in [1.54, 1.807) is 24.4 Å². The van der Waals surface area contributed by atoms with E-state index in [9.17, 15) is 22.8 Å². The van der Waals surface area contributed by atoms with Crippen LogP contribution in [-0.2, 0) is 17.5 Å². The fourth-order valence-corrected chi connectivity index (χ4v) is 5.63. The smallest absolute Gasteiger partial charge is 0.416 e. The van der Waals surface area contributed by atoms with Gasteiger partial charge in [0.1, 0.15) is 11.4 Å². The Morgan fingerprint density at radius 1 is 1.03 bits per heavy atom. The Morgan fingerprint density at radius 3 is 2.23 bits per heavy atom. The average Bonchev–Trinajstić information content (AvgIpc) is 3.40. The number of benzene rings is 2. The van der Waals surface area contributed by atoms with Crippen molar-refractivity contribution in [3.8, 4) is 17.2 Å². The first kappa shape index (κ1) is 28.1. The van der Waals surface area contributed by atoms with Gasteiger partial charge in [-0.05, 0) is 42.0 Å². The van der Waals surface area contributed by atoms with Crippen LogP contribution in [-0.4, -0.2) is 54.8 Å². The second-order valence-corrected chi connectivity index (χ2v) is 9.60. The summed E-state index contributed by atoms with van der Waals surface area (Å²) in [7, 11) is 4.26. The molecule has 2 aromatic carbocycles. The van der Waals surface area contributed by atoms with Gasteiger partial charge in [-0.25, -0.2) is 0 Å². The van der Waals surface area contributed by atoms with E-state index in [-0.39, 0.29) is 35.1 Å². The van der Waals surface area contributed by atoms with Gasteiger partial charge < -0.3 is 24.4 Å². The lowest BCUT2D eigenvalue weighted by molar-refractivity contribution is -0.137. The number of pyridine rings is 1. The van der Waals surface area contributed by atoms with Gasteiger partial charge in [0.2, 0.25) is 11.7 Å². The molecule has 0 radical (unpaired) electrons. The van der Waals surface area contributed by atoms with Crippen molar-refractivity contribution < 1.29 is 37.0 Å². The molecule has 0 aliphatic carbocycles. The van der Waals surface area contributed by atoms with Crippen molar-refractivity contribution in [1.82, 2.24) is 15.2 Å². The van der Waals surface area contributed by atoms with Gasteiger partial charge in [0.25, 0.3) is 5.91 Å². The molecule has 39 heavy (non-hydrogen) atoms. The molecule has 4 rings (SSSR count). The van der Waals surface area contributed by atoms with Crippen LogP contribution in [0.25, 0.3) is 0 Å². The number of amides is 2. The standard InChI is InChI=1S/C27H26F3N3O5S/c1-36-21-12-17(13-22(37-2)23(21)38-3)25(35)33-20(24(34)32-14-19-6-4-5-11-31-19)15-39-26(33)16-7-9-18(10-8-16)27(28,29)30/h4-13,20,26H,14-15H2,1-3H3,(H,32,34). The molecule has 206 valence electrons. The fraction of sp³-hybridized carbons (Fsp3) is 0.296. The molecule has 0 saturated carbocycles. The first-order valence-electron chi connectivity index (χ1n) is 11.8. The van der Waals surface area contributed by atoms with E-state index >= 15 is 0 Å². The molecule has 1 fully saturated rings. The number of alkyl halides is 3. The van der Waals surface area contributed by atoms with Gasteiger partial charge in [0.05, 0.1) is 39.1 Å². The number of nitrogens with zero attached hydrogens (tertiary/aromatic N) is 2. The second kappa shape index (κ2) is 11.9. The number of ether oxygens (including phenoxy) is 3. The van der Waals surface area contributed by atoms with Gasteiger partial charge in [-0.15, -0.1) is 11.8 Å². The van der Waals surface area contributed by atoms with E-state index in [4.69, 9.17) is 14.2 Å². The number of thioether (sulfide) groups is 1. The summed E-state index contributed by atoms with van der Waals surface area (Å²) in [5.41, 5.74) is 0.444. The number of hydrogen-bond donors (Lipinski definition) is 1. The van der Waals surface area contributed by atoms with Crippen molar-refractivity contribution in [2.45, 2.75) is 24.1 Å². The average molecular weight is 562 g/mol. The van der Waals surface area contributed by atoms with E-state index in [1.165, 1.54) is 62.3 Å². The lowest BCUT2D eigenvalue weighted by Crippen LogP contribution is -2.47. The first-order chi connectivity index (χ1) is 18.7. The number of nitrogens with one attached hydrogen (secondary N) is 1. The van der Waals surface area contributed by atoms with E-state index in [0.717, 1.165) is 12.1 Å². The Labute approximate surface area is 227 Å². The minimum absolute atomic E-state index is 0.151. The normalized spacial score (nSPS) is 17.0. The molecule has 1 saturated heterocycles. The lowest BCUT2D eigenvalue weighted by Gasteiger charge is -2.29. The molecular formula is C27H26F3N3O5S. The van der Waals surface area contributed by atoms with Crippen LogP contribution >= 0.6 is 11.8 Å². The summed E-state index contributed by atoms with van der Waals surface area (Å²) in [5.74, 6) is 0.0703. The molecule has 0 spiro atoms. The van der Waals surface area contributed by atoms with Crippen molar-refractivity contribution >= 4 is 23.6 Å². The summed E-state index contributed by atoms with van der Waals surface area (Å²) in [6, 6.07) is 11.9. The Hall–Kier alpha value is -3.93. The van der Waals surface area contributed by atoms with Crippen LogP contribution in [0.15, 0.2) is 60.8 Å². The van der Waals surface area contributed by atoms with E-state index in [1.807, 2.05) is 0 Å². The topological polar surface area (TPSA) is 90.0 Å². The summed E-state index contributed by atoms with van der Waals surface area (Å²) in [4.78, 5) is 32.8. The molecule has 2 amide bonds. The predicted molar refractivity (Wildman–Crippen MR) is 139 cm³/mol. The summed E-state index contributed by atoms with van der Waals surface area (Å²) >= 11 is 1.29. The Bertz CT molecular complexity index is 1300. The third kappa shape index (κ3) is 6.06. The number of rotatable bonds is 8. The second-order valence-electron chi connectivity index (χ2n) is 8.49. The molecule has 0 bridgehead atoms. The van der Waals surface area contributed by atoms with Crippen LogP contribution < -0.4 is 19.5 Å². The van der Waals surface area contributed by atoms with E-state index in [2.05, 4.69) is 10.3 Å². The van der Waals surface area contributed by atoms with Crippen LogP contribution in [0.4, 0.5) is 13.2 Å². The van der Waals surface area contributed by atoms with Crippen molar-refractivity contribution in [2.24, 2.45) is 0 Å². The summed E-state index contributed by atoms with van der Waals surface area (Å²) < 4.78 is 55.6. The molecule has 12 heteroatoms. The maximum atomic E-state index is 14.0. The quantitative estimate of drug-likeness (QED) is 0.427. The van der Waals surface area contributed by atoms with Gasteiger partial charge in [-0.2, -0.15) is 13.2 Å². The molecule has 1 N–H and O–H groups in total. The number of carbonyl (C=O) groups excluding carboxylic acids is 2. The van der Waals surface area contributed by atoms with Crippen LogP contribution in [0, 0.1) is 0 Å². The number of methoxy groups -OCH3 is 3. The molecule has 2 atom stereocenters. The maximum absolute atomic E-state index is 14.0. The van der Waals surface area contributed by atoms with Crippen LogP contribution in [0.1, 0.15) is 32.6 Å². The monoisotopic (exact) mass is 561 g/mol. The van der Waals surface area contributed by atoms with Gasteiger partial charge >= 0.3 is 6.18 Å². The Morgan fingerprint density at radius 2 is 1.69 bits per heavy atom. The van der Waals surface area contributed by atoms with Crippen molar-refractivity contribution in [2.75, 3.05) is 27.1 Å². The minimum atomic E-state index is -4.50. The number of hydrogen-bond acceptors (Lipinski definition) is 7. The third-order valence-electron chi connectivity index (χ3n) is 6.14. The summed E-state index contributed by atoms with van der Waals surface area (Å²) in [6.45, 7) is 0.151. The third-order valence-corrected chi connectivity index (χ3v) is 7.47. The predicted octanol–water partition coefficient (Wildman–Crippen LogP) is 4.70. The van der Waals surface area contributed by atoms with Crippen molar-refractivity contribution in [3.63, 3.8) is 0 Å². The van der Waals surface area contributed by atoms with Gasteiger partial charge in [0.15, 0.2) is 11.5 Å². The van der Waals surface area contributed by atoms with Crippen LogP contribution in [0.5, 0.6) is 17.2 Å². The number of halogens is 3. The molecular weight excluding hydrogens is 535 g/mol. The fourth-order valence-electron chi connectivity index (χ4n) is 4.20. The zero-order valence-corrected chi connectivity index (χ0v) is 22.1. The minimum Gasteiger partial charge on any atom is -0.493 e. The highest BCUT2D eigenvalue weighted by Crippen LogP contribution is 2.45. The number of aromatic nitrogens is 1. The van der Waals surface area contributed by atoms with E-state index in [0.29, 0.717) is 11.3 Å². The Kier molecular flexibility index (Phi) is 8.54. The molecule has 3 aromatic rings. The molecule has 2 heterocycles. The largest absolute Gasteiger partial charge is 0.493 e. The SMILES string of the molecule is COc1cc(C(=O)N2C(C(=O)NCc3ccccn3)CSC2c2ccc(C(F)(F)F)cc2)cc(OC)c1OC. The van der Waals surface area contributed by atoms with Crippen LogP contribution in [0.2, 0.25) is 0 Å². The van der Waals surface area contributed by atoms with Crippen molar-refractivity contribution in [1.29, 1.82) is 0 Å². The highest BCUT2D eigenvalue weighted by molar-refractivity contribution is 7.99. The maximum Gasteiger partial charge on any atom is 0.416 e. The van der Waals surface area contributed by atoms with E-state index < -0.39 is 35.0 Å². The summed E-state index contributed by atoms with van der Waals surface area (Å²) in [5, 5.41) is 2.10.